The summed E-state index contributed by atoms with van der Waals surface area (Å²) in [6, 6.07) is 0. The summed E-state index contributed by atoms with van der Waals surface area (Å²) in [4.78, 5) is 27.0. The summed E-state index contributed by atoms with van der Waals surface area (Å²) in [6.07, 6.45) is 2.52. The van der Waals surface area contributed by atoms with E-state index in [1.165, 1.54) is 24.9 Å². The van der Waals surface area contributed by atoms with Crippen molar-refractivity contribution in [1.82, 2.24) is 4.98 Å². The van der Waals surface area contributed by atoms with Crippen LogP contribution in [-0.2, 0) is 4.79 Å². The van der Waals surface area contributed by atoms with E-state index < -0.39 is 16.4 Å². The SMILES string of the molecule is CCN(c1c(Br)cncc1[N+](=O)[O-])C(C)(C)C(=O)O. The number of hydrogen-bond donors (Lipinski definition) is 1. The van der Waals surface area contributed by atoms with Gasteiger partial charge in [0.05, 0.1) is 9.40 Å². The van der Waals surface area contributed by atoms with E-state index >= 15 is 0 Å². The standard InChI is InChI=1S/C11H14BrN3O4/c1-4-14(11(2,3)10(16)17)9-7(12)5-13-6-8(9)15(18)19/h5-6H,4H2,1-3H3,(H,16,17). The lowest BCUT2D eigenvalue weighted by Gasteiger charge is -2.36. The van der Waals surface area contributed by atoms with Crippen molar-refractivity contribution in [3.8, 4) is 0 Å². The third-order valence-corrected chi connectivity index (χ3v) is 3.41. The van der Waals surface area contributed by atoms with E-state index in [0.717, 1.165) is 6.20 Å². The highest BCUT2D eigenvalue weighted by Gasteiger charge is 2.38. The number of carbonyl (C=O) groups is 1. The fraction of sp³-hybridized carbons (Fsp3) is 0.455. The molecule has 7 nitrogen and oxygen atoms in total. The second kappa shape index (κ2) is 5.52. The lowest BCUT2D eigenvalue weighted by molar-refractivity contribution is -0.384. The Morgan fingerprint density at radius 2 is 2.16 bits per heavy atom. The highest BCUT2D eigenvalue weighted by Crippen LogP contribution is 2.38. The molecule has 0 aliphatic heterocycles. The predicted octanol–water partition coefficient (Wildman–Crippen LogP) is 2.44. The Morgan fingerprint density at radius 1 is 1.58 bits per heavy atom. The molecule has 0 bridgehead atoms. The van der Waals surface area contributed by atoms with Gasteiger partial charge in [-0.05, 0) is 36.7 Å². The summed E-state index contributed by atoms with van der Waals surface area (Å²) in [7, 11) is 0. The lowest BCUT2D eigenvalue weighted by atomic mass is 10.0. The van der Waals surface area contributed by atoms with Crippen molar-refractivity contribution in [2.45, 2.75) is 26.3 Å². The minimum Gasteiger partial charge on any atom is -0.480 e. The first kappa shape index (κ1) is 15.4. The van der Waals surface area contributed by atoms with Crippen LogP contribution in [0.3, 0.4) is 0 Å². The van der Waals surface area contributed by atoms with Gasteiger partial charge in [-0.1, -0.05) is 0 Å². The van der Waals surface area contributed by atoms with Crippen LogP contribution in [0.1, 0.15) is 20.8 Å². The number of likely N-dealkylation sites (N-methyl/N-ethyl adjacent to an activating group) is 1. The lowest BCUT2D eigenvalue weighted by Crippen LogP contribution is -2.50. The summed E-state index contributed by atoms with van der Waals surface area (Å²) in [5, 5.41) is 20.3. The second-order valence-electron chi connectivity index (χ2n) is 4.35. The topological polar surface area (TPSA) is 96.6 Å². The van der Waals surface area contributed by atoms with Crippen molar-refractivity contribution >= 4 is 33.3 Å². The third-order valence-electron chi connectivity index (χ3n) is 2.83. The van der Waals surface area contributed by atoms with Gasteiger partial charge in [0.15, 0.2) is 0 Å². The van der Waals surface area contributed by atoms with Gasteiger partial charge in [0.2, 0.25) is 0 Å². The van der Waals surface area contributed by atoms with Gasteiger partial charge in [-0.2, -0.15) is 0 Å². The molecule has 19 heavy (non-hydrogen) atoms. The number of rotatable bonds is 5. The van der Waals surface area contributed by atoms with Crippen LogP contribution in [0.25, 0.3) is 0 Å². The molecule has 0 saturated heterocycles. The maximum atomic E-state index is 11.3. The molecule has 0 aromatic carbocycles. The zero-order valence-corrected chi connectivity index (χ0v) is 12.3. The molecule has 1 rings (SSSR count). The van der Waals surface area contributed by atoms with Crippen molar-refractivity contribution in [3.63, 3.8) is 0 Å². The average molecular weight is 332 g/mol. The Kier molecular flexibility index (Phi) is 4.46. The Hall–Kier alpha value is -1.70. The van der Waals surface area contributed by atoms with Crippen LogP contribution in [0, 0.1) is 10.1 Å². The molecule has 8 heteroatoms. The first-order valence-corrected chi connectivity index (χ1v) is 6.31. The maximum absolute atomic E-state index is 11.3. The fourth-order valence-corrected chi connectivity index (χ4v) is 2.30. The number of carboxylic acids is 1. The maximum Gasteiger partial charge on any atom is 0.328 e. The van der Waals surface area contributed by atoms with Crippen LogP contribution < -0.4 is 4.90 Å². The van der Waals surface area contributed by atoms with Gasteiger partial charge in [-0.15, -0.1) is 0 Å². The van der Waals surface area contributed by atoms with Gasteiger partial charge in [0.25, 0.3) is 0 Å². The van der Waals surface area contributed by atoms with Crippen LogP contribution >= 0.6 is 15.9 Å². The Morgan fingerprint density at radius 3 is 2.58 bits per heavy atom. The molecule has 1 heterocycles. The van der Waals surface area contributed by atoms with Crippen LogP contribution in [-0.4, -0.2) is 33.1 Å². The molecule has 0 unspecified atom stereocenters. The smallest absolute Gasteiger partial charge is 0.328 e. The highest BCUT2D eigenvalue weighted by molar-refractivity contribution is 9.10. The monoisotopic (exact) mass is 331 g/mol. The van der Waals surface area contributed by atoms with Gasteiger partial charge in [-0.25, -0.2) is 4.79 Å². The van der Waals surface area contributed by atoms with E-state index in [0.29, 0.717) is 11.0 Å². The molecule has 0 radical (unpaired) electrons. The summed E-state index contributed by atoms with van der Waals surface area (Å²) in [5.41, 5.74) is -1.29. The number of hydrogen-bond acceptors (Lipinski definition) is 5. The molecule has 0 saturated carbocycles. The zero-order chi connectivity index (χ0) is 14.8. The van der Waals surface area contributed by atoms with Crippen molar-refractivity contribution in [3.05, 3.63) is 27.0 Å². The molecule has 0 fully saturated rings. The quantitative estimate of drug-likeness (QED) is 0.657. The number of anilines is 1. The van der Waals surface area contributed by atoms with E-state index in [9.17, 15) is 20.0 Å². The molecule has 0 amide bonds. The van der Waals surface area contributed by atoms with E-state index in [1.807, 2.05) is 0 Å². The van der Waals surface area contributed by atoms with E-state index in [-0.39, 0.29) is 11.4 Å². The Balaban J connectivity index is 3.50. The van der Waals surface area contributed by atoms with E-state index in [1.54, 1.807) is 6.92 Å². The summed E-state index contributed by atoms with van der Waals surface area (Å²) >= 11 is 3.20. The van der Waals surface area contributed by atoms with Crippen LogP contribution in [0.5, 0.6) is 0 Å². The zero-order valence-electron chi connectivity index (χ0n) is 10.8. The molecule has 0 aliphatic rings. The Labute approximate surface area is 118 Å². The number of nitro groups is 1. The molecule has 1 aromatic heterocycles. The number of aliphatic carboxylic acids is 1. The second-order valence-corrected chi connectivity index (χ2v) is 5.21. The van der Waals surface area contributed by atoms with Gasteiger partial charge in [0.1, 0.15) is 17.4 Å². The molecule has 104 valence electrons. The summed E-state index contributed by atoms with van der Waals surface area (Å²) in [6.45, 7) is 5.04. The molecule has 0 atom stereocenters. The molecular weight excluding hydrogens is 318 g/mol. The first-order valence-electron chi connectivity index (χ1n) is 5.52. The third kappa shape index (κ3) is 2.83. The largest absolute Gasteiger partial charge is 0.480 e. The highest BCUT2D eigenvalue weighted by atomic mass is 79.9. The molecule has 0 spiro atoms. The predicted molar refractivity (Wildman–Crippen MR) is 73.3 cm³/mol. The van der Waals surface area contributed by atoms with Crippen molar-refractivity contribution in [2.75, 3.05) is 11.4 Å². The van der Waals surface area contributed by atoms with Gasteiger partial charge < -0.3 is 10.0 Å². The molecule has 1 N–H and O–H groups in total. The van der Waals surface area contributed by atoms with Crippen LogP contribution in [0.4, 0.5) is 11.4 Å². The summed E-state index contributed by atoms with van der Waals surface area (Å²) < 4.78 is 0.387. The number of aromatic nitrogens is 1. The Bertz CT molecular complexity index is 519. The van der Waals surface area contributed by atoms with Crippen LogP contribution in [0.15, 0.2) is 16.9 Å². The van der Waals surface area contributed by atoms with Gasteiger partial charge in [-0.3, -0.25) is 15.1 Å². The minimum atomic E-state index is -1.27. The summed E-state index contributed by atoms with van der Waals surface area (Å²) in [5.74, 6) is -1.06. The fourth-order valence-electron chi connectivity index (χ4n) is 1.77. The van der Waals surface area contributed by atoms with Gasteiger partial charge >= 0.3 is 11.7 Å². The average Bonchev–Trinajstić information content (AvgIpc) is 2.31. The number of pyridine rings is 1. The van der Waals surface area contributed by atoms with Crippen molar-refractivity contribution < 1.29 is 14.8 Å². The van der Waals surface area contributed by atoms with E-state index in [4.69, 9.17) is 0 Å². The van der Waals surface area contributed by atoms with E-state index in [2.05, 4.69) is 20.9 Å². The number of nitrogens with zero attached hydrogens (tertiary/aromatic N) is 3. The molecule has 1 aromatic rings. The van der Waals surface area contributed by atoms with Crippen molar-refractivity contribution in [2.24, 2.45) is 0 Å². The minimum absolute atomic E-state index is 0.218. The molecule has 0 aliphatic carbocycles. The van der Waals surface area contributed by atoms with Crippen molar-refractivity contribution in [1.29, 1.82) is 0 Å². The number of carboxylic acid groups (broad SMARTS) is 1. The number of halogens is 1. The van der Waals surface area contributed by atoms with Gasteiger partial charge in [0, 0.05) is 12.7 Å². The first-order chi connectivity index (χ1) is 8.73. The van der Waals surface area contributed by atoms with Crippen LogP contribution in [0.2, 0.25) is 0 Å². The molecular formula is C11H14BrN3O4. The normalized spacial score (nSPS) is 11.2.